The summed E-state index contributed by atoms with van der Waals surface area (Å²) in [5.74, 6) is 0.910. The lowest BCUT2D eigenvalue weighted by Crippen LogP contribution is -2.43. The Labute approximate surface area is 222 Å². The highest BCUT2D eigenvalue weighted by atomic mass is 35.5. The fourth-order valence-electron chi connectivity index (χ4n) is 5.84. The number of imidazole rings is 1. The number of aryl methyl sites for hydroxylation is 1. The van der Waals surface area contributed by atoms with Crippen molar-refractivity contribution in [2.75, 3.05) is 5.32 Å². The second-order valence-electron chi connectivity index (χ2n) is 9.97. The van der Waals surface area contributed by atoms with Crippen LogP contribution in [0.1, 0.15) is 43.6 Å². The number of hydrogen-bond donors (Lipinski definition) is 1. The molecule has 4 aromatic rings. The number of rotatable bonds is 6. The highest BCUT2D eigenvalue weighted by Crippen LogP contribution is 2.42. The Kier molecular flexibility index (Phi) is 6.10. The standard InChI is InChI=1S/C29H29ClN4O2S/c1-19(25-9-5-7-20-6-3-4-8-26(20)25)32-28-13-12-24(18-27(28)30)37(35,36)34-22-10-11-23(34)17-21(16-22)29-31-14-15-33(29)2/h3-9,12-16,18-19,22-23,32H,10-11,17H2,1-2H3/t19-,22?,23?/m0/s1. The van der Waals surface area contributed by atoms with E-state index in [0.717, 1.165) is 29.8 Å². The van der Waals surface area contributed by atoms with Crippen molar-refractivity contribution in [3.05, 3.63) is 95.5 Å². The lowest BCUT2D eigenvalue weighted by atomic mass is 9.99. The minimum atomic E-state index is -3.70. The summed E-state index contributed by atoms with van der Waals surface area (Å²) in [5.41, 5.74) is 2.98. The molecule has 1 saturated heterocycles. The van der Waals surface area contributed by atoms with Gasteiger partial charge in [-0.3, -0.25) is 0 Å². The van der Waals surface area contributed by atoms with Gasteiger partial charge in [-0.1, -0.05) is 60.1 Å². The zero-order valence-corrected chi connectivity index (χ0v) is 22.4. The quantitative estimate of drug-likeness (QED) is 0.311. The number of anilines is 1. The van der Waals surface area contributed by atoms with Crippen molar-refractivity contribution < 1.29 is 8.42 Å². The molecule has 0 saturated carbocycles. The van der Waals surface area contributed by atoms with Crippen LogP contribution in [0.2, 0.25) is 5.02 Å². The fourth-order valence-corrected chi connectivity index (χ4v) is 7.99. The van der Waals surface area contributed by atoms with Gasteiger partial charge in [0.25, 0.3) is 0 Å². The molecule has 3 aromatic carbocycles. The van der Waals surface area contributed by atoms with Gasteiger partial charge in [0, 0.05) is 37.6 Å². The summed E-state index contributed by atoms with van der Waals surface area (Å²) in [6.07, 6.45) is 8.08. The zero-order valence-electron chi connectivity index (χ0n) is 20.8. The monoisotopic (exact) mass is 532 g/mol. The SMILES string of the molecule is C[C@H](Nc1ccc(S(=O)(=O)N2C3C=C(c4nccn4C)CC2CC3)cc1Cl)c1cccc2ccccc12. The van der Waals surface area contributed by atoms with Gasteiger partial charge in [-0.15, -0.1) is 0 Å². The Bertz CT molecular complexity index is 1620. The van der Waals surface area contributed by atoms with Crippen molar-refractivity contribution in [3.63, 3.8) is 0 Å². The van der Waals surface area contributed by atoms with Gasteiger partial charge >= 0.3 is 0 Å². The van der Waals surface area contributed by atoms with E-state index in [1.165, 1.54) is 10.8 Å². The zero-order chi connectivity index (χ0) is 25.7. The summed E-state index contributed by atoms with van der Waals surface area (Å²) in [5, 5.41) is 6.22. The normalized spacial score (nSPS) is 20.7. The Balaban J connectivity index is 1.25. The molecule has 8 heteroatoms. The summed E-state index contributed by atoms with van der Waals surface area (Å²) in [7, 11) is -1.73. The van der Waals surface area contributed by atoms with E-state index in [1.807, 2.05) is 36.0 Å². The van der Waals surface area contributed by atoms with E-state index >= 15 is 0 Å². The van der Waals surface area contributed by atoms with Crippen LogP contribution < -0.4 is 5.32 Å². The molecule has 2 aliphatic rings. The average molecular weight is 533 g/mol. The maximum Gasteiger partial charge on any atom is 0.243 e. The van der Waals surface area contributed by atoms with E-state index < -0.39 is 10.0 Å². The number of benzene rings is 3. The molecular weight excluding hydrogens is 504 g/mol. The first-order chi connectivity index (χ1) is 17.8. The number of halogens is 1. The second-order valence-corrected chi connectivity index (χ2v) is 12.2. The van der Waals surface area contributed by atoms with Crippen molar-refractivity contribution >= 4 is 43.7 Å². The molecule has 6 nitrogen and oxygen atoms in total. The van der Waals surface area contributed by atoms with Gasteiger partial charge < -0.3 is 9.88 Å². The van der Waals surface area contributed by atoms with Crippen molar-refractivity contribution in [1.29, 1.82) is 0 Å². The van der Waals surface area contributed by atoms with Gasteiger partial charge in [0.05, 0.1) is 15.6 Å². The van der Waals surface area contributed by atoms with E-state index in [1.54, 1.807) is 28.7 Å². The predicted octanol–water partition coefficient (Wildman–Crippen LogP) is 6.41. The molecule has 2 bridgehead atoms. The number of hydrogen-bond acceptors (Lipinski definition) is 4. The van der Waals surface area contributed by atoms with E-state index in [2.05, 4.69) is 47.6 Å². The van der Waals surface area contributed by atoms with Gasteiger partial charge in [0.1, 0.15) is 5.82 Å². The van der Waals surface area contributed by atoms with Crippen molar-refractivity contribution in [3.8, 4) is 0 Å². The molecule has 2 unspecified atom stereocenters. The first-order valence-electron chi connectivity index (χ1n) is 12.6. The maximum atomic E-state index is 13.8. The lowest BCUT2D eigenvalue weighted by Gasteiger charge is -2.33. The smallest absolute Gasteiger partial charge is 0.243 e. The Morgan fingerprint density at radius 1 is 1.08 bits per heavy atom. The number of nitrogens with zero attached hydrogens (tertiary/aromatic N) is 3. The van der Waals surface area contributed by atoms with Crippen molar-refractivity contribution in [1.82, 2.24) is 13.9 Å². The van der Waals surface area contributed by atoms with Crippen LogP contribution in [0, 0.1) is 0 Å². The molecule has 3 atom stereocenters. The van der Waals surface area contributed by atoms with E-state index in [9.17, 15) is 8.42 Å². The Morgan fingerprint density at radius 2 is 1.89 bits per heavy atom. The van der Waals surface area contributed by atoms with E-state index in [4.69, 9.17) is 11.6 Å². The predicted molar refractivity (Wildman–Crippen MR) is 149 cm³/mol. The van der Waals surface area contributed by atoms with Crippen LogP contribution in [-0.2, 0) is 17.1 Å². The molecule has 1 aromatic heterocycles. The maximum absolute atomic E-state index is 13.8. The molecule has 1 N–H and O–H groups in total. The average Bonchev–Trinajstić information content (AvgIpc) is 3.45. The molecule has 0 spiro atoms. The van der Waals surface area contributed by atoms with Gasteiger partial charge in [-0.05, 0) is 66.3 Å². The van der Waals surface area contributed by atoms with Gasteiger partial charge in [-0.25, -0.2) is 13.4 Å². The van der Waals surface area contributed by atoms with Crippen LogP contribution in [-0.4, -0.2) is 34.4 Å². The number of aromatic nitrogens is 2. The Hall–Kier alpha value is -3.13. The number of nitrogens with one attached hydrogen (secondary N) is 1. The van der Waals surface area contributed by atoms with Crippen LogP contribution in [0.25, 0.3) is 16.3 Å². The van der Waals surface area contributed by atoms with Crippen molar-refractivity contribution in [2.24, 2.45) is 7.05 Å². The van der Waals surface area contributed by atoms with E-state index in [-0.39, 0.29) is 23.0 Å². The minimum Gasteiger partial charge on any atom is -0.377 e. The molecule has 1 fully saturated rings. The number of sulfonamides is 1. The third kappa shape index (κ3) is 4.25. The van der Waals surface area contributed by atoms with Gasteiger partial charge in [0.15, 0.2) is 0 Å². The molecule has 0 aliphatic carbocycles. The molecule has 2 aliphatic heterocycles. The van der Waals surface area contributed by atoms with Crippen LogP contribution in [0.15, 0.2) is 84.0 Å². The first kappa shape index (κ1) is 24.2. The summed E-state index contributed by atoms with van der Waals surface area (Å²) >= 11 is 6.65. The fraction of sp³-hybridized carbons (Fsp3) is 0.276. The summed E-state index contributed by atoms with van der Waals surface area (Å²) in [6, 6.07) is 19.3. The van der Waals surface area contributed by atoms with Gasteiger partial charge in [-0.2, -0.15) is 4.31 Å². The summed E-state index contributed by atoms with van der Waals surface area (Å²) < 4.78 is 31.2. The highest BCUT2D eigenvalue weighted by Gasteiger charge is 2.44. The summed E-state index contributed by atoms with van der Waals surface area (Å²) in [4.78, 5) is 4.70. The molecule has 6 rings (SSSR count). The van der Waals surface area contributed by atoms with Gasteiger partial charge in [0.2, 0.25) is 10.0 Å². The molecule has 3 heterocycles. The van der Waals surface area contributed by atoms with Crippen LogP contribution in [0.5, 0.6) is 0 Å². The largest absolute Gasteiger partial charge is 0.377 e. The molecule has 190 valence electrons. The molecule has 37 heavy (non-hydrogen) atoms. The van der Waals surface area contributed by atoms with Crippen LogP contribution in [0.3, 0.4) is 0 Å². The Morgan fingerprint density at radius 3 is 2.65 bits per heavy atom. The van der Waals surface area contributed by atoms with Crippen LogP contribution in [0.4, 0.5) is 5.69 Å². The molecule has 0 amide bonds. The highest BCUT2D eigenvalue weighted by molar-refractivity contribution is 7.89. The van der Waals surface area contributed by atoms with E-state index in [0.29, 0.717) is 17.1 Å². The minimum absolute atomic E-state index is 0.0151. The van der Waals surface area contributed by atoms with Crippen molar-refractivity contribution in [2.45, 2.75) is 49.2 Å². The summed E-state index contributed by atoms with van der Waals surface area (Å²) in [6.45, 7) is 2.08. The lowest BCUT2D eigenvalue weighted by molar-refractivity contribution is 0.345. The number of fused-ring (bicyclic) bond motifs is 3. The molecular formula is C29H29ClN4O2S. The van der Waals surface area contributed by atoms with Crippen LogP contribution >= 0.6 is 11.6 Å². The second kappa shape index (κ2) is 9.31. The third-order valence-electron chi connectivity index (χ3n) is 7.62. The third-order valence-corrected chi connectivity index (χ3v) is 9.90. The molecule has 0 radical (unpaired) electrons. The topological polar surface area (TPSA) is 67.2 Å². The first-order valence-corrected chi connectivity index (χ1v) is 14.4.